The molecule has 4 nitrogen and oxygen atoms in total. The molecule has 1 N–H and O–H groups in total. The van der Waals surface area contributed by atoms with Crippen LogP contribution in [0.1, 0.15) is 52.5 Å². The summed E-state index contributed by atoms with van der Waals surface area (Å²) in [5.41, 5.74) is 2.38. The molecule has 1 aromatic rings. The van der Waals surface area contributed by atoms with Crippen LogP contribution in [-0.2, 0) is 14.6 Å². The third-order valence-electron chi connectivity index (χ3n) is 5.30. The molecule has 1 atom stereocenters. The minimum absolute atomic E-state index is 0.00839. The van der Waals surface area contributed by atoms with Gasteiger partial charge in [0.15, 0.2) is 15.6 Å². The zero-order valence-corrected chi connectivity index (χ0v) is 17.0. The van der Waals surface area contributed by atoms with E-state index in [9.17, 15) is 18.3 Å². The predicted molar refractivity (Wildman–Crippen MR) is 104 cm³/mol. The van der Waals surface area contributed by atoms with Crippen molar-refractivity contribution >= 4 is 15.6 Å². The lowest BCUT2D eigenvalue weighted by Gasteiger charge is -2.38. The van der Waals surface area contributed by atoms with Crippen molar-refractivity contribution < 1.29 is 18.3 Å². The summed E-state index contributed by atoms with van der Waals surface area (Å²) in [7, 11) is -3.71. The molecule has 0 fully saturated rings. The number of benzene rings is 1. The standard InChI is InChI=1S/C21H28O4S/c1-14-6-8-17(9-7-14)26(24,25)19(12-15(2)13-22)20-16(3)18(23)10-11-21(20,4)5/h6-9,13,19,22H,10-12H2,1-5H3/b15-13+. The van der Waals surface area contributed by atoms with E-state index in [1.54, 1.807) is 38.1 Å². The van der Waals surface area contributed by atoms with Crippen LogP contribution in [0.2, 0.25) is 0 Å². The number of allylic oxidation sites excluding steroid dienone is 2. The van der Waals surface area contributed by atoms with Crippen LogP contribution in [0.5, 0.6) is 0 Å². The van der Waals surface area contributed by atoms with Crippen molar-refractivity contribution in [3.05, 3.63) is 52.8 Å². The Morgan fingerprint density at radius 3 is 2.35 bits per heavy atom. The molecule has 1 unspecified atom stereocenters. The first-order valence-corrected chi connectivity index (χ1v) is 10.4. The summed E-state index contributed by atoms with van der Waals surface area (Å²) < 4.78 is 27.0. The fourth-order valence-electron chi connectivity index (χ4n) is 3.69. The Kier molecular flexibility index (Phi) is 5.81. The van der Waals surface area contributed by atoms with Gasteiger partial charge >= 0.3 is 0 Å². The number of rotatable bonds is 5. The number of aryl methyl sites for hydroxylation is 1. The maximum Gasteiger partial charge on any atom is 0.185 e. The average Bonchev–Trinajstić information content (AvgIpc) is 2.57. The summed E-state index contributed by atoms with van der Waals surface area (Å²) in [6, 6.07) is 6.78. The number of aliphatic hydroxyl groups is 1. The highest BCUT2D eigenvalue weighted by atomic mass is 32.2. The normalized spacial score (nSPS) is 19.6. The summed E-state index contributed by atoms with van der Waals surface area (Å²) >= 11 is 0. The van der Waals surface area contributed by atoms with Crippen molar-refractivity contribution in [1.29, 1.82) is 0 Å². The van der Waals surface area contributed by atoms with Crippen molar-refractivity contribution in [3.8, 4) is 0 Å². The summed E-state index contributed by atoms with van der Waals surface area (Å²) in [6.45, 7) is 9.32. The molecule has 0 bridgehead atoms. The third-order valence-corrected chi connectivity index (χ3v) is 7.38. The number of hydrogen-bond donors (Lipinski definition) is 1. The number of aliphatic hydroxyl groups excluding tert-OH is 1. The lowest BCUT2D eigenvalue weighted by molar-refractivity contribution is -0.116. The Morgan fingerprint density at radius 1 is 1.23 bits per heavy atom. The third kappa shape index (κ3) is 3.93. The Bertz CT molecular complexity index is 856. The molecule has 0 heterocycles. The summed E-state index contributed by atoms with van der Waals surface area (Å²) in [5, 5.41) is 8.50. The summed E-state index contributed by atoms with van der Waals surface area (Å²) in [6.07, 6.45) is 2.18. The van der Waals surface area contributed by atoms with Crippen LogP contribution in [0.25, 0.3) is 0 Å². The second kappa shape index (κ2) is 7.39. The maximum absolute atomic E-state index is 13.5. The van der Waals surface area contributed by atoms with Crippen LogP contribution in [0, 0.1) is 12.3 Å². The second-order valence-corrected chi connectivity index (χ2v) is 10.0. The highest BCUT2D eigenvalue weighted by Gasteiger charge is 2.42. The maximum atomic E-state index is 13.5. The molecular formula is C21H28O4S. The second-order valence-electron chi connectivity index (χ2n) is 7.87. The molecular weight excluding hydrogens is 348 g/mol. The Labute approximate surface area is 156 Å². The van der Waals surface area contributed by atoms with Crippen molar-refractivity contribution in [2.75, 3.05) is 0 Å². The first-order valence-electron chi connectivity index (χ1n) is 8.85. The van der Waals surface area contributed by atoms with E-state index in [0.29, 0.717) is 29.6 Å². The zero-order valence-electron chi connectivity index (χ0n) is 16.2. The molecule has 0 radical (unpaired) electrons. The molecule has 26 heavy (non-hydrogen) atoms. The molecule has 2 rings (SSSR count). The summed E-state index contributed by atoms with van der Waals surface area (Å²) in [5.74, 6) is 0.00839. The van der Waals surface area contributed by atoms with Crippen molar-refractivity contribution in [1.82, 2.24) is 0 Å². The van der Waals surface area contributed by atoms with E-state index in [-0.39, 0.29) is 17.1 Å². The predicted octanol–water partition coefficient (Wildman–Crippen LogP) is 4.69. The monoisotopic (exact) mass is 376 g/mol. The molecule has 0 amide bonds. The molecule has 0 aliphatic heterocycles. The van der Waals surface area contributed by atoms with E-state index in [4.69, 9.17) is 0 Å². The van der Waals surface area contributed by atoms with Crippen LogP contribution in [-0.4, -0.2) is 24.6 Å². The van der Waals surface area contributed by atoms with Crippen molar-refractivity contribution in [2.24, 2.45) is 5.41 Å². The van der Waals surface area contributed by atoms with Gasteiger partial charge in [-0.1, -0.05) is 31.5 Å². The largest absolute Gasteiger partial charge is 0.516 e. The number of sulfone groups is 1. The Balaban J connectivity index is 2.69. The van der Waals surface area contributed by atoms with E-state index in [0.717, 1.165) is 11.8 Å². The van der Waals surface area contributed by atoms with Gasteiger partial charge < -0.3 is 5.11 Å². The first kappa shape index (κ1) is 20.4. The lowest BCUT2D eigenvalue weighted by atomic mass is 9.70. The van der Waals surface area contributed by atoms with Gasteiger partial charge in [-0.25, -0.2) is 8.42 Å². The van der Waals surface area contributed by atoms with E-state index < -0.39 is 20.5 Å². The molecule has 0 spiro atoms. The molecule has 142 valence electrons. The van der Waals surface area contributed by atoms with Crippen LogP contribution in [0.4, 0.5) is 0 Å². The molecule has 5 heteroatoms. The molecule has 1 aliphatic rings. The van der Waals surface area contributed by atoms with E-state index >= 15 is 0 Å². The van der Waals surface area contributed by atoms with E-state index in [1.165, 1.54) is 0 Å². The zero-order chi connectivity index (χ0) is 19.7. The highest BCUT2D eigenvalue weighted by Crippen LogP contribution is 2.45. The number of carbonyl (C=O) groups excluding carboxylic acids is 1. The fraction of sp³-hybridized carbons (Fsp3) is 0.476. The van der Waals surface area contributed by atoms with Gasteiger partial charge in [-0.05, 0) is 67.9 Å². The van der Waals surface area contributed by atoms with Gasteiger partial charge in [0.05, 0.1) is 16.4 Å². The summed E-state index contributed by atoms with van der Waals surface area (Å²) in [4.78, 5) is 12.6. The van der Waals surface area contributed by atoms with Gasteiger partial charge in [-0.3, -0.25) is 4.79 Å². The molecule has 0 saturated carbocycles. The van der Waals surface area contributed by atoms with Crippen LogP contribution < -0.4 is 0 Å². The molecule has 1 aromatic carbocycles. The first-order chi connectivity index (χ1) is 12.0. The van der Waals surface area contributed by atoms with Crippen molar-refractivity contribution in [3.63, 3.8) is 0 Å². The number of carbonyl (C=O) groups is 1. The van der Waals surface area contributed by atoms with Gasteiger partial charge in [0.1, 0.15) is 0 Å². The van der Waals surface area contributed by atoms with Crippen LogP contribution >= 0.6 is 0 Å². The number of ketones is 1. The molecule has 0 saturated heterocycles. The van der Waals surface area contributed by atoms with Gasteiger partial charge in [0.25, 0.3) is 0 Å². The Morgan fingerprint density at radius 2 is 1.81 bits per heavy atom. The number of hydrogen-bond acceptors (Lipinski definition) is 4. The SMILES string of the molecule is CC1=C(C(C/C(C)=C/O)S(=O)(=O)c2ccc(C)cc2)C(C)(C)CCC1=O. The van der Waals surface area contributed by atoms with Gasteiger partial charge in [-0.2, -0.15) is 0 Å². The quantitative estimate of drug-likeness (QED) is 0.757. The van der Waals surface area contributed by atoms with E-state index in [1.807, 2.05) is 20.8 Å². The molecule has 1 aliphatic carbocycles. The van der Waals surface area contributed by atoms with Gasteiger partial charge in [-0.15, -0.1) is 0 Å². The van der Waals surface area contributed by atoms with Crippen LogP contribution in [0.3, 0.4) is 0 Å². The van der Waals surface area contributed by atoms with Gasteiger partial charge in [0.2, 0.25) is 0 Å². The van der Waals surface area contributed by atoms with Crippen LogP contribution in [0.15, 0.2) is 52.1 Å². The smallest absolute Gasteiger partial charge is 0.185 e. The Hall–Kier alpha value is -1.88. The lowest BCUT2D eigenvalue weighted by Crippen LogP contribution is -2.37. The highest BCUT2D eigenvalue weighted by molar-refractivity contribution is 7.92. The minimum Gasteiger partial charge on any atom is -0.516 e. The average molecular weight is 377 g/mol. The van der Waals surface area contributed by atoms with E-state index in [2.05, 4.69) is 0 Å². The van der Waals surface area contributed by atoms with Gasteiger partial charge in [0, 0.05) is 6.42 Å². The molecule has 0 aromatic heterocycles. The van der Waals surface area contributed by atoms with Crippen molar-refractivity contribution in [2.45, 2.75) is 64.0 Å². The fourth-order valence-corrected chi connectivity index (χ4v) is 5.82. The minimum atomic E-state index is -3.71. The topological polar surface area (TPSA) is 71.4 Å². The number of Topliss-reactive ketones (excluding diaryl/α,β-unsaturated/α-hetero) is 1.